The van der Waals surface area contributed by atoms with E-state index in [9.17, 15) is 13.2 Å². The van der Waals surface area contributed by atoms with E-state index < -0.39 is 10.1 Å². The largest absolute Gasteiger partial charge is 0.493 e. The lowest BCUT2D eigenvalue weighted by Crippen LogP contribution is -2.36. The molecule has 0 bridgehead atoms. The van der Waals surface area contributed by atoms with E-state index in [0.717, 1.165) is 11.8 Å². The number of nitrogens with zero attached hydrogens (tertiary/aromatic N) is 1. The van der Waals surface area contributed by atoms with Crippen molar-refractivity contribution in [2.45, 2.75) is 13.2 Å². The molecule has 0 aliphatic rings. The first-order valence-corrected chi connectivity index (χ1v) is 11.1. The lowest BCUT2D eigenvalue weighted by Gasteiger charge is -2.23. The van der Waals surface area contributed by atoms with Crippen molar-refractivity contribution in [3.05, 3.63) is 59.7 Å². The van der Waals surface area contributed by atoms with Crippen LogP contribution in [0, 0.1) is 0 Å². The summed E-state index contributed by atoms with van der Waals surface area (Å²) in [5.74, 6) is 0.145. The molecule has 1 amide bonds. The second kappa shape index (κ2) is 11.5. The van der Waals surface area contributed by atoms with Gasteiger partial charge in [0.2, 0.25) is 5.91 Å². The van der Waals surface area contributed by atoms with Gasteiger partial charge in [-0.3, -0.25) is 4.79 Å². The minimum absolute atomic E-state index is 0.0666. The molecule has 0 N–H and O–H groups in total. The summed E-state index contributed by atoms with van der Waals surface area (Å²) in [6.07, 6.45) is 0.956. The van der Waals surface area contributed by atoms with Gasteiger partial charge < -0.3 is 23.3 Å². The lowest BCUT2D eigenvalue weighted by atomic mass is 10.2. The van der Waals surface area contributed by atoms with Crippen LogP contribution in [0.2, 0.25) is 0 Å². The van der Waals surface area contributed by atoms with Crippen molar-refractivity contribution < 1.29 is 31.6 Å². The van der Waals surface area contributed by atoms with Gasteiger partial charge in [-0.2, -0.15) is 8.42 Å². The van der Waals surface area contributed by atoms with Crippen molar-refractivity contribution in [2.24, 2.45) is 0 Å². The van der Waals surface area contributed by atoms with Crippen molar-refractivity contribution in [1.29, 1.82) is 0 Å². The Morgan fingerprint density at radius 3 is 2.37 bits per heavy atom. The number of hydrogen-bond acceptors (Lipinski definition) is 7. The Morgan fingerprint density at radius 2 is 1.73 bits per heavy atom. The average Bonchev–Trinajstić information content (AvgIpc) is 2.71. The maximum absolute atomic E-state index is 12.7. The number of ether oxygens (including phenoxy) is 3. The zero-order valence-corrected chi connectivity index (χ0v) is 18.2. The van der Waals surface area contributed by atoms with Crippen molar-refractivity contribution in [2.75, 3.05) is 40.2 Å². The van der Waals surface area contributed by atoms with Crippen LogP contribution in [0.15, 0.2) is 48.5 Å². The van der Waals surface area contributed by atoms with E-state index in [1.54, 1.807) is 24.1 Å². The Bertz CT molecular complexity index is 916. The Morgan fingerprint density at radius 1 is 1.00 bits per heavy atom. The van der Waals surface area contributed by atoms with Crippen LogP contribution in [-0.2, 0) is 37.5 Å². The quantitative estimate of drug-likeness (QED) is 0.470. The lowest BCUT2D eigenvalue weighted by molar-refractivity contribution is -0.137. The Balaban J connectivity index is 2.07. The number of methoxy groups -OCH3 is 2. The van der Waals surface area contributed by atoms with E-state index in [4.69, 9.17) is 18.4 Å². The summed E-state index contributed by atoms with van der Waals surface area (Å²) in [5.41, 5.74) is 1.66. The fourth-order valence-corrected chi connectivity index (χ4v) is 3.14. The molecular formula is C21H27NO7S. The maximum Gasteiger partial charge on any atom is 0.306 e. The van der Waals surface area contributed by atoms with E-state index >= 15 is 0 Å². The molecule has 0 saturated carbocycles. The molecule has 0 heterocycles. The van der Waals surface area contributed by atoms with Crippen LogP contribution in [0.5, 0.6) is 11.5 Å². The monoisotopic (exact) mass is 437 g/mol. The van der Waals surface area contributed by atoms with Crippen LogP contribution in [0.4, 0.5) is 0 Å². The molecular weight excluding hydrogens is 410 g/mol. The van der Waals surface area contributed by atoms with Gasteiger partial charge in [0.25, 0.3) is 0 Å². The van der Waals surface area contributed by atoms with Crippen LogP contribution in [0.25, 0.3) is 0 Å². The van der Waals surface area contributed by atoms with Gasteiger partial charge in [0.05, 0.1) is 26.6 Å². The molecule has 2 rings (SSSR count). The first-order valence-electron chi connectivity index (χ1n) is 9.27. The highest BCUT2D eigenvalue weighted by molar-refractivity contribution is 7.86. The Labute approximate surface area is 177 Å². The SMILES string of the molecule is COCCN(Cc1ccc(OC)c(OS(C)(=O)=O)c1)C(=O)COCc1ccccc1. The number of carbonyl (C=O) groups excluding carboxylic acids is 1. The first-order chi connectivity index (χ1) is 14.3. The second-order valence-electron chi connectivity index (χ2n) is 6.56. The van der Waals surface area contributed by atoms with Gasteiger partial charge in [-0.05, 0) is 23.3 Å². The third-order valence-electron chi connectivity index (χ3n) is 4.10. The average molecular weight is 438 g/mol. The van der Waals surface area contributed by atoms with Gasteiger partial charge in [-0.1, -0.05) is 36.4 Å². The molecule has 30 heavy (non-hydrogen) atoms. The van der Waals surface area contributed by atoms with E-state index in [0.29, 0.717) is 25.3 Å². The van der Waals surface area contributed by atoms with Crippen molar-refractivity contribution in [1.82, 2.24) is 4.90 Å². The predicted octanol–water partition coefficient (Wildman–Crippen LogP) is 2.23. The van der Waals surface area contributed by atoms with E-state index in [-0.39, 0.29) is 30.6 Å². The third-order valence-corrected chi connectivity index (χ3v) is 4.58. The summed E-state index contributed by atoms with van der Waals surface area (Å²) in [6.45, 7) is 1.20. The Kier molecular flexibility index (Phi) is 9.10. The smallest absolute Gasteiger partial charge is 0.306 e. The van der Waals surface area contributed by atoms with E-state index in [1.807, 2.05) is 30.3 Å². The van der Waals surface area contributed by atoms with Crippen LogP contribution >= 0.6 is 0 Å². The van der Waals surface area contributed by atoms with Crippen molar-refractivity contribution in [3.63, 3.8) is 0 Å². The zero-order chi connectivity index (χ0) is 22.0. The molecule has 0 spiro atoms. The van der Waals surface area contributed by atoms with Crippen LogP contribution in [0.1, 0.15) is 11.1 Å². The normalized spacial score (nSPS) is 11.2. The van der Waals surface area contributed by atoms with Gasteiger partial charge in [0.1, 0.15) is 6.61 Å². The van der Waals surface area contributed by atoms with E-state index in [2.05, 4.69) is 0 Å². The molecule has 0 unspecified atom stereocenters. The molecule has 164 valence electrons. The first kappa shape index (κ1) is 23.7. The van der Waals surface area contributed by atoms with Gasteiger partial charge in [-0.15, -0.1) is 0 Å². The van der Waals surface area contributed by atoms with Crippen molar-refractivity contribution >= 4 is 16.0 Å². The zero-order valence-electron chi connectivity index (χ0n) is 17.4. The number of carbonyl (C=O) groups is 1. The van der Waals surface area contributed by atoms with Gasteiger partial charge in [0.15, 0.2) is 11.5 Å². The van der Waals surface area contributed by atoms with E-state index in [1.165, 1.54) is 13.2 Å². The van der Waals surface area contributed by atoms with Gasteiger partial charge in [0, 0.05) is 20.2 Å². The second-order valence-corrected chi connectivity index (χ2v) is 8.13. The number of benzene rings is 2. The molecule has 2 aromatic carbocycles. The summed E-state index contributed by atoms with van der Waals surface area (Å²) < 4.78 is 43.8. The summed E-state index contributed by atoms with van der Waals surface area (Å²) >= 11 is 0. The topological polar surface area (TPSA) is 91.4 Å². The molecule has 0 atom stereocenters. The van der Waals surface area contributed by atoms with Gasteiger partial charge >= 0.3 is 10.1 Å². The number of amides is 1. The number of hydrogen-bond donors (Lipinski definition) is 0. The fourth-order valence-electron chi connectivity index (χ4n) is 2.68. The number of rotatable bonds is 12. The molecule has 0 fully saturated rings. The summed E-state index contributed by atoms with van der Waals surface area (Å²) in [6, 6.07) is 14.5. The molecule has 2 aromatic rings. The van der Waals surface area contributed by atoms with Crippen LogP contribution in [0.3, 0.4) is 0 Å². The molecule has 0 aliphatic carbocycles. The predicted molar refractivity (Wildman–Crippen MR) is 112 cm³/mol. The minimum Gasteiger partial charge on any atom is -0.493 e. The van der Waals surface area contributed by atoms with Gasteiger partial charge in [-0.25, -0.2) is 0 Å². The summed E-state index contributed by atoms with van der Waals surface area (Å²) in [7, 11) is -0.750. The molecule has 8 nitrogen and oxygen atoms in total. The molecule has 0 saturated heterocycles. The molecule has 9 heteroatoms. The highest BCUT2D eigenvalue weighted by atomic mass is 32.2. The Hall–Kier alpha value is -2.62. The molecule has 0 aliphatic heterocycles. The van der Waals surface area contributed by atoms with Crippen LogP contribution in [-0.4, -0.2) is 59.5 Å². The highest BCUT2D eigenvalue weighted by Gasteiger charge is 2.17. The molecule has 0 radical (unpaired) electrons. The minimum atomic E-state index is -3.72. The van der Waals surface area contributed by atoms with Crippen molar-refractivity contribution in [3.8, 4) is 11.5 Å². The maximum atomic E-state index is 12.7. The summed E-state index contributed by atoms with van der Waals surface area (Å²) in [4.78, 5) is 14.3. The third kappa shape index (κ3) is 8.02. The summed E-state index contributed by atoms with van der Waals surface area (Å²) in [5, 5.41) is 0. The van der Waals surface area contributed by atoms with Crippen LogP contribution < -0.4 is 8.92 Å². The highest BCUT2D eigenvalue weighted by Crippen LogP contribution is 2.29. The molecule has 0 aromatic heterocycles. The fraction of sp³-hybridized carbons (Fsp3) is 0.381. The standard InChI is InChI=1S/C21H27NO7S/c1-26-12-11-22(21(23)16-28-15-17-7-5-4-6-8-17)14-18-9-10-19(27-2)20(13-18)29-30(3,24)25/h4-10,13H,11-12,14-16H2,1-3H3.